The van der Waals surface area contributed by atoms with Crippen molar-refractivity contribution in [1.29, 1.82) is 0 Å². The van der Waals surface area contributed by atoms with Gasteiger partial charge in [0.05, 0.1) is 11.4 Å². The molecule has 267 valence electrons. The Morgan fingerprint density at radius 2 is 0.887 bits per heavy atom. The van der Waals surface area contributed by atoms with E-state index in [0.717, 1.165) is 61.5 Å². The lowest BCUT2D eigenvalue weighted by molar-refractivity contribution is -0.128. The molecular formula is C46H46BN2O4. The highest BCUT2D eigenvalue weighted by atomic mass is 16.5. The SMILES string of the molecule is CC(C)c1cccc(C(C)C)c1N1[C](c2cc3c4c(c2)Oc2ccccc2B4c2ccccc2O3)N(c2c(C(C)C)cccc2C(C)C)C(=O)CC1=O. The van der Waals surface area contributed by atoms with Gasteiger partial charge in [0.1, 0.15) is 29.4 Å². The van der Waals surface area contributed by atoms with E-state index < -0.39 is 0 Å². The fraction of sp³-hybridized carbons (Fsp3) is 0.283. The van der Waals surface area contributed by atoms with E-state index in [1.807, 2.05) is 58.3 Å². The molecule has 5 aromatic rings. The standard InChI is InChI=1S/C46H46BN2O4/c1-26(2)31-15-13-16-32(27(3)4)44(31)48-41(50)25-42(51)49(45-33(28(5)6)17-14-18-34(45)29(7)8)46(48)30-23-39-43-40(24-30)53-38-22-12-10-20-36(38)47(43)35-19-9-11-21-37(35)52-39/h9-24,26-29H,25H2,1-8H3. The van der Waals surface area contributed by atoms with Gasteiger partial charge in [-0.05, 0) is 81.1 Å². The Kier molecular flexibility index (Phi) is 8.71. The van der Waals surface area contributed by atoms with Crippen LogP contribution in [-0.2, 0) is 9.59 Å². The van der Waals surface area contributed by atoms with E-state index in [1.165, 1.54) is 0 Å². The fourth-order valence-corrected chi connectivity index (χ4v) is 8.41. The number of amides is 2. The lowest BCUT2D eigenvalue weighted by Gasteiger charge is -2.46. The van der Waals surface area contributed by atoms with E-state index in [9.17, 15) is 9.59 Å². The van der Waals surface area contributed by atoms with Crippen LogP contribution < -0.4 is 35.7 Å². The summed E-state index contributed by atoms with van der Waals surface area (Å²) in [6.45, 7) is 17.2. The Balaban J connectivity index is 1.45. The Hall–Kier alpha value is -5.30. The van der Waals surface area contributed by atoms with E-state index in [0.29, 0.717) is 23.2 Å². The van der Waals surface area contributed by atoms with Gasteiger partial charge in [0.2, 0.25) is 18.0 Å². The van der Waals surface area contributed by atoms with Crippen molar-refractivity contribution in [2.24, 2.45) is 0 Å². The van der Waals surface area contributed by atoms with Crippen molar-refractivity contribution in [3.8, 4) is 23.0 Å². The van der Waals surface area contributed by atoms with E-state index in [2.05, 4.69) is 104 Å². The molecule has 3 heterocycles. The summed E-state index contributed by atoms with van der Waals surface area (Å²) < 4.78 is 13.5. The first kappa shape index (κ1) is 34.8. The van der Waals surface area contributed by atoms with E-state index >= 15 is 0 Å². The molecule has 1 fully saturated rings. The third-order valence-corrected chi connectivity index (χ3v) is 10.9. The monoisotopic (exact) mass is 701 g/mol. The smallest absolute Gasteiger partial charge is 0.260 e. The molecule has 53 heavy (non-hydrogen) atoms. The lowest BCUT2D eigenvalue weighted by atomic mass is 9.35. The van der Waals surface area contributed by atoms with E-state index in [-0.39, 0.29) is 48.6 Å². The van der Waals surface area contributed by atoms with Gasteiger partial charge in [-0.1, -0.05) is 128 Å². The molecule has 3 aliphatic rings. The second kappa shape index (κ2) is 13.3. The zero-order chi connectivity index (χ0) is 37.3. The number of nitrogens with zero attached hydrogens (tertiary/aromatic N) is 2. The van der Waals surface area contributed by atoms with Gasteiger partial charge in [0.25, 0.3) is 6.71 Å². The second-order valence-corrected chi connectivity index (χ2v) is 15.7. The highest BCUT2D eigenvalue weighted by molar-refractivity contribution is 6.98. The number of hydrogen-bond donors (Lipinski definition) is 0. The van der Waals surface area contributed by atoms with Crippen LogP contribution in [0.5, 0.6) is 23.0 Å². The number of carbonyl (C=O) groups is 2. The Bertz CT molecular complexity index is 2070. The molecule has 2 amide bonds. The van der Waals surface area contributed by atoms with Crippen molar-refractivity contribution in [1.82, 2.24) is 0 Å². The van der Waals surface area contributed by atoms with Crippen molar-refractivity contribution in [3.05, 3.63) is 131 Å². The fourth-order valence-electron chi connectivity index (χ4n) is 8.41. The molecule has 0 aliphatic carbocycles. The van der Waals surface area contributed by atoms with Crippen molar-refractivity contribution in [2.75, 3.05) is 9.80 Å². The first-order valence-corrected chi connectivity index (χ1v) is 19.0. The van der Waals surface area contributed by atoms with Gasteiger partial charge < -0.3 is 9.47 Å². The molecule has 0 aromatic heterocycles. The molecule has 1 radical (unpaired) electrons. The summed E-state index contributed by atoms with van der Waals surface area (Å²) in [7, 11) is 0. The van der Waals surface area contributed by atoms with Crippen LogP contribution >= 0.6 is 0 Å². The molecule has 3 aliphatic heterocycles. The minimum Gasteiger partial charge on any atom is -0.458 e. The largest absolute Gasteiger partial charge is 0.458 e. The normalized spacial score (nSPS) is 15.2. The molecule has 7 heteroatoms. The molecule has 5 aromatic carbocycles. The van der Waals surface area contributed by atoms with Gasteiger partial charge in [-0.15, -0.1) is 0 Å². The zero-order valence-corrected chi connectivity index (χ0v) is 31.9. The lowest BCUT2D eigenvalue weighted by Crippen LogP contribution is -2.58. The maximum Gasteiger partial charge on any atom is 0.260 e. The molecule has 0 atom stereocenters. The summed E-state index contributed by atoms with van der Waals surface area (Å²) in [5.41, 5.74) is 9.62. The summed E-state index contributed by atoms with van der Waals surface area (Å²) in [6, 6.07) is 32.9. The summed E-state index contributed by atoms with van der Waals surface area (Å²) >= 11 is 0. The van der Waals surface area contributed by atoms with Gasteiger partial charge in [-0.3, -0.25) is 19.4 Å². The average molecular weight is 702 g/mol. The van der Waals surface area contributed by atoms with Gasteiger partial charge in [-0.25, -0.2) is 0 Å². The molecule has 6 nitrogen and oxygen atoms in total. The molecular weight excluding hydrogens is 655 g/mol. The third-order valence-electron chi connectivity index (χ3n) is 10.9. The minimum atomic E-state index is -0.259. The molecule has 0 N–H and O–H groups in total. The molecule has 0 saturated carbocycles. The van der Waals surface area contributed by atoms with Crippen LogP contribution in [0.1, 0.15) is 113 Å². The van der Waals surface area contributed by atoms with Crippen molar-refractivity contribution < 1.29 is 19.1 Å². The molecule has 0 spiro atoms. The summed E-state index contributed by atoms with van der Waals surface area (Å²) in [5, 5.41) is 0. The number of fused-ring (bicyclic) bond motifs is 4. The maximum absolute atomic E-state index is 14.8. The summed E-state index contributed by atoms with van der Waals surface area (Å²) in [6.07, 6.45) is 0.238. The Labute approximate surface area is 313 Å². The number of rotatable bonds is 7. The number of ether oxygens (including phenoxy) is 2. The second-order valence-electron chi connectivity index (χ2n) is 15.7. The Morgan fingerprint density at radius 3 is 1.26 bits per heavy atom. The first-order chi connectivity index (χ1) is 25.5. The van der Waals surface area contributed by atoms with Crippen LogP contribution in [0.15, 0.2) is 97.1 Å². The minimum absolute atomic E-state index is 0.0980. The number of carbonyl (C=O) groups excluding carboxylic acids is 2. The van der Waals surface area contributed by atoms with Crippen LogP contribution in [0.3, 0.4) is 0 Å². The maximum atomic E-state index is 14.8. The number of para-hydroxylation sites is 4. The summed E-state index contributed by atoms with van der Waals surface area (Å²) in [4.78, 5) is 33.2. The number of benzene rings is 5. The zero-order valence-electron chi connectivity index (χ0n) is 31.9. The predicted octanol–water partition coefficient (Wildman–Crippen LogP) is 9.22. The highest BCUT2D eigenvalue weighted by Gasteiger charge is 2.48. The van der Waals surface area contributed by atoms with Crippen LogP contribution in [0.4, 0.5) is 11.4 Å². The van der Waals surface area contributed by atoms with Gasteiger partial charge in [0.15, 0.2) is 0 Å². The Morgan fingerprint density at radius 1 is 0.509 bits per heavy atom. The van der Waals surface area contributed by atoms with Crippen LogP contribution in [0, 0.1) is 6.17 Å². The molecule has 8 rings (SSSR count). The average Bonchev–Trinajstić information content (AvgIpc) is 3.13. The van der Waals surface area contributed by atoms with Gasteiger partial charge >= 0.3 is 0 Å². The van der Waals surface area contributed by atoms with E-state index in [4.69, 9.17) is 9.47 Å². The number of hydrogen-bond acceptors (Lipinski definition) is 4. The molecule has 0 bridgehead atoms. The van der Waals surface area contributed by atoms with Crippen molar-refractivity contribution >= 4 is 46.3 Å². The topological polar surface area (TPSA) is 59.1 Å². The quantitative estimate of drug-likeness (QED) is 0.123. The van der Waals surface area contributed by atoms with Crippen molar-refractivity contribution in [3.63, 3.8) is 0 Å². The third kappa shape index (κ3) is 5.63. The molecule has 0 unspecified atom stereocenters. The molecule has 1 saturated heterocycles. The predicted molar refractivity (Wildman–Crippen MR) is 215 cm³/mol. The number of anilines is 2. The van der Waals surface area contributed by atoms with E-state index in [1.54, 1.807) is 0 Å². The van der Waals surface area contributed by atoms with Crippen LogP contribution in [0.2, 0.25) is 0 Å². The van der Waals surface area contributed by atoms with Crippen LogP contribution in [0.25, 0.3) is 0 Å². The first-order valence-electron chi connectivity index (χ1n) is 19.0. The van der Waals surface area contributed by atoms with Crippen LogP contribution in [-0.4, -0.2) is 18.5 Å². The van der Waals surface area contributed by atoms with Gasteiger partial charge in [-0.2, -0.15) is 0 Å². The highest BCUT2D eigenvalue weighted by Crippen LogP contribution is 2.48. The van der Waals surface area contributed by atoms with Gasteiger partial charge in [0, 0.05) is 11.0 Å². The summed E-state index contributed by atoms with van der Waals surface area (Å²) in [5.74, 6) is 2.79. The van der Waals surface area contributed by atoms with Crippen molar-refractivity contribution in [2.45, 2.75) is 85.5 Å².